The average Bonchev–Trinajstić information content (AvgIpc) is 2.26. The van der Waals surface area contributed by atoms with E-state index in [1.165, 1.54) is 0 Å². The topological polar surface area (TPSA) is 72.2 Å². The van der Waals surface area contributed by atoms with Crippen molar-refractivity contribution in [3.63, 3.8) is 0 Å². The summed E-state index contributed by atoms with van der Waals surface area (Å²) in [5.41, 5.74) is 4.28. The van der Waals surface area contributed by atoms with Gasteiger partial charge in [0, 0.05) is 17.6 Å². The number of rotatable bonds is 4. The molecule has 19 heavy (non-hydrogen) atoms. The summed E-state index contributed by atoms with van der Waals surface area (Å²) in [6.07, 6.45) is 2.34. The van der Waals surface area contributed by atoms with Gasteiger partial charge in [0.05, 0.1) is 0 Å². The van der Waals surface area contributed by atoms with E-state index in [0.717, 1.165) is 18.6 Å². The number of sulfonamides is 1. The first-order chi connectivity index (χ1) is 8.79. The molecule has 0 aromatic heterocycles. The van der Waals surface area contributed by atoms with Crippen molar-refractivity contribution in [1.29, 1.82) is 0 Å². The predicted molar refractivity (Wildman–Crippen MR) is 66.8 cm³/mol. The summed E-state index contributed by atoms with van der Waals surface area (Å²) in [7, 11) is -4.01. The van der Waals surface area contributed by atoms with Crippen molar-refractivity contribution in [3.8, 4) is 0 Å². The highest BCUT2D eigenvalue weighted by Crippen LogP contribution is 2.33. The molecule has 0 amide bonds. The summed E-state index contributed by atoms with van der Waals surface area (Å²) in [6.45, 7) is 1.37. The Kier molecular flexibility index (Phi) is 3.63. The lowest BCUT2D eigenvalue weighted by atomic mass is 9.80. The normalized spacial score (nSPS) is 18.1. The molecule has 0 radical (unpaired) electrons. The summed E-state index contributed by atoms with van der Waals surface area (Å²) in [6, 6.07) is 1.84. The number of hydrogen-bond donors (Lipinski definition) is 2. The van der Waals surface area contributed by atoms with E-state index in [1.807, 2.05) is 0 Å². The van der Waals surface area contributed by atoms with Crippen molar-refractivity contribution < 1.29 is 17.2 Å². The smallest absolute Gasteiger partial charge is 0.243 e. The number of benzene rings is 1. The Morgan fingerprint density at radius 1 is 1.37 bits per heavy atom. The highest BCUT2D eigenvalue weighted by atomic mass is 32.2. The monoisotopic (exact) mass is 290 g/mol. The summed E-state index contributed by atoms with van der Waals surface area (Å²) in [5.74, 6) is -1.95. The zero-order valence-electron chi connectivity index (χ0n) is 10.5. The number of nitrogens with one attached hydrogen (secondary N) is 1. The molecule has 7 heteroatoms. The molecule has 1 aliphatic rings. The molecule has 1 aromatic rings. The van der Waals surface area contributed by atoms with Gasteiger partial charge in [-0.2, -0.15) is 0 Å². The van der Waals surface area contributed by atoms with Gasteiger partial charge in [-0.3, -0.25) is 0 Å². The van der Waals surface area contributed by atoms with E-state index in [9.17, 15) is 17.2 Å². The molecule has 0 heterocycles. The minimum Gasteiger partial charge on any atom is -0.326 e. The van der Waals surface area contributed by atoms with Crippen molar-refractivity contribution in [1.82, 2.24) is 4.72 Å². The third-order valence-electron chi connectivity index (χ3n) is 3.48. The van der Waals surface area contributed by atoms with Gasteiger partial charge in [0.25, 0.3) is 0 Å². The van der Waals surface area contributed by atoms with E-state index in [-0.39, 0.29) is 0 Å². The Morgan fingerprint density at radius 2 is 2.00 bits per heavy atom. The van der Waals surface area contributed by atoms with Gasteiger partial charge in [0.1, 0.15) is 10.7 Å². The molecule has 1 aromatic carbocycles. The van der Waals surface area contributed by atoms with Crippen LogP contribution in [0.25, 0.3) is 0 Å². The van der Waals surface area contributed by atoms with Gasteiger partial charge in [-0.1, -0.05) is 0 Å². The van der Waals surface area contributed by atoms with Crippen LogP contribution in [0.15, 0.2) is 17.0 Å². The van der Waals surface area contributed by atoms with Crippen molar-refractivity contribution in [2.24, 2.45) is 5.73 Å². The van der Waals surface area contributed by atoms with E-state index < -0.39 is 44.2 Å². The van der Waals surface area contributed by atoms with E-state index in [2.05, 4.69) is 4.72 Å². The molecule has 106 valence electrons. The molecule has 0 saturated heterocycles. The van der Waals surface area contributed by atoms with Gasteiger partial charge in [-0.15, -0.1) is 0 Å². The molecule has 2 rings (SSSR count). The van der Waals surface area contributed by atoms with Crippen LogP contribution in [0.2, 0.25) is 0 Å². The molecule has 1 fully saturated rings. The highest BCUT2D eigenvalue weighted by Gasteiger charge is 2.37. The van der Waals surface area contributed by atoms with Crippen LogP contribution in [0.3, 0.4) is 0 Å². The largest absolute Gasteiger partial charge is 0.326 e. The van der Waals surface area contributed by atoms with Crippen LogP contribution < -0.4 is 10.5 Å². The molecule has 0 atom stereocenters. The first-order valence-electron chi connectivity index (χ1n) is 6.00. The molecule has 0 unspecified atom stereocenters. The summed E-state index contributed by atoms with van der Waals surface area (Å²) in [5, 5.41) is 0. The molecule has 0 bridgehead atoms. The SMILES string of the molecule is CC1(NS(=O)(=O)c2ccc(F)c(CN)c2F)CCC1. The van der Waals surface area contributed by atoms with Gasteiger partial charge in [0.2, 0.25) is 10.0 Å². The van der Waals surface area contributed by atoms with Gasteiger partial charge in [-0.05, 0) is 38.3 Å². The van der Waals surface area contributed by atoms with Crippen molar-refractivity contribution >= 4 is 10.0 Å². The van der Waals surface area contributed by atoms with Crippen molar-refractivity contribution in [3.05, 3.63) is 29.3 Å². The van der Waals surface area contributed by atoms with Gasteiger partial charge in [0.15, 0.2) is 5.82 Å². The number of hydrogen-bond acceptors (Lipinski definition) is 3. The van der Waals surface area contributed by atoms with E-state index >= 15 is 0 Å². The van der Waals surface area contributed by atoms with Crippen LogP contribution >= 0.6 is 0 Å². The van der Waals surface area contributed by atoms with E-state index in [1.54, 1.807) is 6.92 Å². The summed E-state index contributed by atoms with van der Waals surface area (Å²) in [4.78, 5) is -0.553. The quantitative estimate of drug-likeness (QED) is 0.885. The number of halogens is 2. The Bertz CT molecular complexity index is 598. The van der Waals surface area contributed by atoms with Crippen molar-refractivity contribution in [2.45, 2.75) is 43.2 Å². The Hall–Kier alpha value is -1.05. The second kappa shape index (κ2) is 4.81. The first-order valence-corrected chi connectivity index (χ1v) is 7.48. The average molecular weight is 290 g/mol. The van der Waals surface area contributed by atoms with E-state index in [0.29, 0.717) is 12.8 Å². The van der Waals surface area contributed by atoms with Crippen molar-refractivity contribution in [2.75, 3.05) is 0 Å². The van der Waals surface area contributed by atoms with E-state index in [4.69, 9.17) is 5.73 Å². The summed E-state index contributed by atoms with van der Waals surface area (Å²) >= 11 is 0. The fourth-order valence-corrected chi connectivity index (χ4v) is 3.73. The lowest BCUT2D eigenvalue weighted by Gasteiger charge is -2.38. The maximum atomic E-state index is 14.0. The van der Waals surface area contributed by atoms with Gasteiger partial charge >= 0.3 is 0 Å². The third kappa shape index (κ3) is 2.63. The molecule has 3 N–H and O–H groups in total. The van der Waals surface area contributed by atoms with Crippen LogP contribution in [0, 0.1) is 11.6 Å². The van der Waals surface area contributed by atoms with Crippen LogP contribution in [0.1, 0.15) is 31.7 Å². The molecule has 0 aliphatic heterocycles. The minimum absolute atomic E-state index is 0.391. The molecule has 0 spiro atoms. The lowest BCUT2D eigenvalue weighted by molar-refractivity contribution is 0.247. The summed E-state index contributed by atoms with van der Waals surface area (Å²) < 4.78 is 54.0. The zero-order chi connectivity index (χ0) is 14.3. The second-order valence-electron chi connectivity index (χ2n) is 5.06. The Balaban J connectivity index is 2.41. The van der Waals surface area contributed by atoms with Gasteiger partial charge in [-0.25, -0.2) is 21.9 Å². The maximum Gasteiger partial charge on any atom is 0.243 e. The van der Waals surface area contributed by atoms with Gasteiger partial charge < -0.3 is 5.73 Å². The second-order valence-corrected chi connectivity index (χ2v) is 6.71. The first kappa shape index (κ1) is 14.4. The van der Waals surface area contributed by atoms with Crippen LogP contribution in [-0.4, -0.2) is 14.0 Å². The fourth-order valence-electron chi connectivity index (χ4n) is 2.16. The molecule has 1 saturated carbocycles. The molecule has 4 nitrogen and oxygen atoms in total. The maximum absolute atomic E-state index is 14.0. The predicted octanol–water partition coefficient (Wildman–Crippen LogP) is 1.64. The fraction of sp³-hybridized carbons (Fsp3) is 0.500. The molecular formula is C12H16F2N2O2S. The number of nitrogens with two attached hydrogens (primary N) is 1. The Labute approximate surface area is 111 Å². The van der Waals surface area contributed by atoms with Crippen LogP contribution in [-0.2, 0) is 16.6 Å². The Morgan fingerprint density at radius 3 is 2.47 bits per heavy atom. The lowest BCUT2D eigenvalue weighted by Crippen LogP contribution is -2.50. The minimum atomic E-state index is -4.01. The third-order valence-corrected chi connectivity index (χ3v) is 5.14. The highest BCUT2D eigenvalue weighted by molar-refractivity contribution is 7.89. The van der Waals surface area contributed by atoms with Crippen LogP contribution in [0.4, 0.5) is 8.78 Å². The molecular weight excluding hydrogens is 274 g/mol. The molecule has 1 aliphatic carbocycles. The standard InChI is InChI=1S/C12H16F2N2O2S/c1-12(5-2-6-12)16-19(17,18)10-4-3-9(13)8(7-15)11(10)14/h3-4,16H,2,5-7,15H2,1H3. The zero-order valence-corrected chi connectivity index (χ0v) is 11.4. The van der Waals surface area contributed by atoms with Crippen LogP contribution in [0.5, 0.6) is 0 Å².